The maximum absolute atomic E-state index is 12.5. The number of aliphatic imine (C=N–C) groups is 1. The fourth-order valence-corrected chi connectivity index (χ4v) is 3.12. The van der Waals surface area contributed by atoms with Crippen LogP contribution in [0.1, 0.15) is 32.3 Å². The Labute approximate surface area is 198 Å². The number of carbonyl (C=O) groups is 1. The molecule has 1 aliphatic rings. The van der Waals surface area contributed by atoms with Gasteiger partial charge < -0.3 is 29.7 Å². The summed E-state index contributed by atoms with van der Waals surface area (Å²) in [5.41, 5.74) is 0.833. The highest BCUT2D eigenvalue weighted by Crippen LogP contribution is 2.29. The zero-order valence-electron chi connectivity index (χ0n) is 18.0. The normalized spacial score (nSPS) is 14.6. The van der Waals surface area contributed by atoms with E-state index in [2.05, 4.69) is 20.4 Å². The minimum atomic E-state index is -2.91. The van der Waals surface area contributed by atoms with E-state index in [-0.39, 0.29) is 47.6 Å². The van der Waals surface area contributed by atoms with Gasteiger partial charge in [-0.05, 0) is 44.4 Å². The highest BCUT2D eigenvalue weighted by Gasteiger charge is 2.24. The second kappa shape index (κ2) is 14.1. The van der Waals surface area contributed by atoms with Crippen molar-refractivity contribution in [2.75, 3.05) is 33.4 Å². The van der Waals surface area contributed by atoms with Crippen molar-refractivity contribution in [3.63, 3.8) is 0 Å². The minimum Gasteiger partial charge on any atom is -0.490 e. The maximum Gasteiger partial charge on any atom is 0.409 e. The summed E-state index contributed by atoms with van der Waals surface area (Å²) in [6, 6.07) is 5.01. The topological polar surface area (TPSA) is 84.4 Å². The molecule has 0 atom stereocenters. The summed E-state index contributed by atoms with van der Waals surface area (Å²) in [6.45, 7) is 3.03. The molecule has 8 nitrogen and oxygen atoms in total. The average molecular weight is 556 g/mol. The molecule has 1 aliphatic heterocycles. The number of nitrogens with zero attached hydrogens (tertiary/aromatic N) is 2. The summed E-state index contributed by atoms with van der Waals surface area (Å²) in [5, 5.41) is 6.56. The third kappa shape index (κ3) is 8.91. The van der Waals surface area contributed by atoms with Gasteiger partial charge >= 0.3 is 12.7 Å². The molecular weight excluding hydrogens is 525 g/mol. The van der Waals surface area contributed by atoms with Crippen LogP contribution in [0.5, 0.6) is 11.5 Å². The van der Waals surface area contributed by atoms with E-state index in [0.29, 0.717) is 38.8 Å². The molecule has 1 fully saturated rings. The van der Waals surface area contributed by atoms with Gasteiger partial charge in [0, 0.05) is 32.7 Å². The molecule has 1 aromatic rings. The molecule has 0 radical (unpaired) electrons. The van der Waals surface area contributed by atoms with Crippen molar-refractivity contribution < 1.29 is 27.8 Å². The smallest absolute Gasteiger partial charge is 0.409 e. The Morgan fingerprint density at radius 1 is 1.23 bits per heavy atom. The zero-order chi connectivity index (χ0) is 21.9. The van der Waals surface area contributed by atoms with Gasteiger partial charge in [0.2, 0.25) is 0 Å². The van der Waals surface area contributed by atoms with Gasteiger partial charge in [0.1, 0.15) is 0 Å². The lowest BCUT2D eigenvalue weighted by Crippen LogP contribution is -2.49. The van der Waals surface area contributed by atoms with Crippen LogP contribution in [0.3, 0.4) is 0 Å². The van der Waals surface area contributed by atoms with Crippen LogP contribution in [0.15, 0.2) is 23.2 Å². The number of hydrogen-bond donors (Lipinski definition) is 2. The fraction of sp³-hybridized carbons (Fsp3) is 0.600. The lowest BCUT2D eigenvalue weighted by molar-refractivity contribution is -0.0514. The molecular formula is C20H31F2IN4O4. The SMILES string of the molecule is CCOC(=O)N1CCC(NC(=NC)NCc2ccc(OC(F)F)c(OCC)c2)CC1.I. The van der Waals surface area contributed by atoms with Crippen LogP contribution >= 0.6 is 24.0 Å². The van der Waals surface area contributed by atoms with Gasteiger partial charge in [-0.2, -0.15) is 8.78 Å². The molecule has 0 saturated carbocycles. The standard InChI is InChI=1S/C20H30F2N4O4.HI/c1-4-28-17-12-14(6-7-16(17)30-18(21)22)13-24-19(23-3)25-15-8-10-26(11-9-15)20(27)29-5-2;/h6-7,12,15,18H,4-5,8-11,13H2,1-3H3,(H2,23,24,25);1H. The predicted molar refractivity (Wildman–Crippen MR) is 125 cm³/mol. The second-order valence-corrected chi connectivity index (χ2v) is 6.62. The van der Waals surface area contributed by atoms with Crippen molar-refractivity contribution >= 4 is 36.0 Å². The monoisotopic (exact) mass is 556 g/mol. The fourth-order valence-electron chi connectivity index (χ4n) is 3.12. The van der Waals surface area contributed by atoms with E-state index in [1.54, 1.807) is 37.9 Å². The molecule has 1 saturated heterocycles. The first-order chi connectivity index (χ1) is 14.5. The number of ether oxygens (including phenoxy) is 3. The van der Waals surface area contributed by atoms with Gasteiger partial charge in [-0.15, -0.1) is 24.0 Å². The Bertz CT molecular complexity index is 716. The molecule has 0 aliphatic carbocycles. The number of benzene rings is 1. The van der Waals surface area contributed by atoms with Crippen molar-refractivity contribution in [2.24, 2.45) is 4.99 Å². The number of nitrogens with one attached hydrogen (secondary N) is 2. The molecule has 2 N–H and O–H groups in total. The maximum atomic E-state index is 12.5. The summed E-state index contributed by atoms with van der Waals surface area (Å²) in [5.74, 6) is 0.897. The third-order valence-corrected chi connectivity index (χ3v) is 4.57. The van der Waals surface area contributed by atoms with Gasteiger partial charge in [-0.3, -0.25) is 4.99 Å². The van der Waals surface area contributed by atoms with Crippen LogP contribution in [0.2, 0.25) is 0 Å². The summed E-state index contributed by atoms with van der Waals surface area (Å²) in [7, 11) is 1.67. The van der Waals surface area contributed by atoms with Crippen LogP contribution in [-0.2, 0) is 11.3 Å². The molecule has 2 rings (SSSR count). The van der Waals surface area contributed by atoms with Crippen molar-refractivity contribution in [1.82, 2.24) is 15.5 Å². The van der Waals surface area contributed by atoms with Crippen LogP contribution in [0.4, 0.5) is 13.6 Å². The average Bonchev–Trinajstić information content (AvgIpc) is 2.73. The number of carbonyl (C=O) groups excluding carboxylic acids is 1. The number of rotatable bonds is 8. The van der Waals surface area contributed by atoms with E-state index < -0.39 is 6.61 Å². The quantitative estimate of drug-likeness (QED) is 0.290. The van der Waals surface area contributed by atoms with Crippen molar-refractivity contribution in [1.29, 1.82) is 0 Å². The largest absolute Gasteiger partial charge is 0.490 e. The summed E-state index contributed by atoms with van der Waals surface area (Å²) >= 11 is 0. The Morgan fingerprint density at radius 2 is 1.94 bits per heavy atom. The summed E-state index contributed by atoms with van der Waals surface area (Å²) in [4.78, 5) is 17.7. The van der Waals surface area contributed by atoms with Gasteiger partial charge in [0.25, 0.3) is 0 Å². The van der Waals surface area contributed by atoms with E-state index in [0.717, 1.165) is 18.4 Å². The Balaban J connectivity index is 0.00000480. The Kier molecular flexibility index (Phi) is 12.3. The minimum absolute atomic E-state index is 0. The number of piperidine rings is 1. The molecule has 0 aromatic heterocycles. The van der Waals surface area contributed by atoms with E-state index in [1.807, 2.05) is 0 Å². The molecule has 31 heavy (non-hydrogen) atoms. The van der Waals surface area contributed by atoms with Gasteiger partial charge in [0.15, 0.2) is 17.5 Å². The lowest BCUT2D eigenvalue weighted by Gasteiger charge is -2.32. The van der Waals surface area contributed by atoms with Crippen LogP contribution in [0.25, 0.3) is 0 Å². The predicted octanol–water partition coefficient (Wildman–Crippen LogP) is 3.59. The molecule has 11 heteroatoms. The highest BCUT2D eigenvalue weighted by atomic mass is 127. The van der Waals surface area contributed by atoms with Gasteiger partial charge in [-0.25, -0.2) is 4.79 Å². The van der Waals surface area contributed by atoms with Crippen LogP contribution in [-0.4, -0.2) is 63.0 Å². The number of guanidine groups is 1. The van der Waals surface area contributed by atoms with Crippen LogP contribution < -0.4 is 20.1 Å². The van der Waals surface area contributed by atoms with E-state index in [1.165, 1.54) is 6.07 Å². The summed E-state index contributed by atoms with van der Waals surface area (Å²) in [6.07, 6.45) is 1.30. The highest BCUT2D eigenvalue weighted by molar-refractivity contribution is 14.0. The second-order valence-electron chi connectivity index (χ2n) is 6.62. The van der Waals surface area contributed by atoms with E-state index >= 15 is 0 Å². The number of likely N-dealkylation sites (tertiary alicyclic amines) is 1. The summed E-state index contributed by atoms with van der Waals surface area (Å²) < 4.78 is 40.0. The molecule has 0 bridgehead atoms. The first-order valence-corrected chi connectivity index (χ1v) is 10.1. The lowest BCUT2D eigenvalue weighted by atomic mass is 10.1. The van der Waals surface area contributed by atoms with E-state index in [9.17, 15) is 13.6 Å². The molecule has 1 aromatic carbocycles. The molecule has 1 amide bonds. The Morgan fingerprint density at radius 3 is 2.52 bits per heavy atom. The molecule has 0 unspecified atom stereocenters. The molecule has 176 valence electrons. The first kappa shape index (κ1) is 27.0. The Hall–Kier alpha value is -2.05. The van der Waals surface area contributed by atoms with Gasteiger partial charge in [-0.1, -0.05) is 6.07 Å². The van der Waals surface area contributed by atoms with E-state index in [4.69, 9.17) is 9.47 Å². The number of amides is 1. The van der Waals surface area contributed by atoms with Crippen molar-refractivity contribution in [2.45, 2.75) is 45.9 Å². The number of hydrogen-bond acceptors (Lipinski definition) is 5. The zero-order valence-corrected chi connectivity index (χ0v) is 20.4. The molecule has 1 heterocycles. The molecule has 0 spiro atoms. The van der Waals surface area contributed by atoms with Crippen molar-refractivity contribution in [3.05, 3.63) is 23.8 Å². The first-order valence-electron chi connectivity index (χ1n) is 10.1. The third-order valence-electron chi connectivity index (χ3n) is 4.57. The number of alkyl halides is 2. The van der Waals surface area contributed by atoms with Gasteiger partial charge in [0.05, 0.1) is 13.2 Å². The van der Waals surface area contributed by atoms with Crippen molar-refractivity contribution in [3.8, 4) is 11.5 Å². The van der Waals surface area contributed by atoms with Crippen LogP contribution in [0, 0.1) is 0 Å². The number of halogens is 3.